The first-order valence-electron chi connectivity index (χ1n) is 12.0. The molecule has 0 unspecified atom stereocenters. The van der Waals surface area contributed by atoms with E-state index in [-0.39, 0.29) is 11.4 Å². The number of benzene rings is 3. The van der Waals surface area contributed by atoms with Crippen LogP contribution in [0.25, 0.3) is 21.8 Å². The van der Waals surface area contributed by atoms with Gasteiger partial charge < -0.3 is 4.57 Å². The summed E-state index contributed by atoms with van der Waals surface area (Å²) in [4.78, 5) is 18.2. The first-order chi connectivity index (χ1) is 17.5. The normalized spacial score (nSPS) is 11.8. The molecule has 0 bridgehead atoms. The zero-order chi connectivity index (χ0) is 25.2. The van der Waals surface area contributed by atoms with Gasteiger partial charge in [-0.05, 0) is 55.3 Å². The highest BCUT2D eigenvalue weighted by molar-refractivity contribution is 9.10. The van der Waals surface area contributed by atoms with Gasteiger partial charge in [0.1, 0.15) is 11.6 Å². The fourth-order valence-corrected chi connectivity index (χ4v) is 4.88. The molecule has 7 heteroatoms. The van der Waals surface area contributed by atoms with E-state index in [4.69, 9.17) is 10.1 Å². The molecule has 2 heterocycles. The summed E-state index contributed by atoms with van der Waals surface area (Å²) in [5.74, 6) is 0.404. The van der Waals surface area contributed by atoms with Crippen LogP contribution in [0.1, 0.15) is 42.4 Å². The van der Waals surface area contributed by atoms with Gasteiger partial charge in [0.25, 0.3) is 5.56 Å². The van der Waals surface area contributed by atoms with E-state index in [1.165, 1.54) is 16.8 Å². The topological polar surface area (TPSA) is 52.2 Å². The molecular weight excluding hydrogens is 519 g/mol. The predicted molar refractivity (Wildman–Crippen MR) is 147 cm³/mol. The van der Waals surface area contributed by atoms with Crippen molar-refractivity contribution in [3.05, 3.63) is 110 Å². The first-order valence-corrected chi connectivity index (χ1v) is 12.8. The van der Waals surface area contributed by atoms with Gasteiger partial charge in [-0.1, -0.05) is 59.6 Å². The molecule has 36 heavy (non-hydrogen) atoms. The van der Waals surface area contributed by atoms with Gasteiger partial charge >= 0.3 is 0 Å². The lowest BCUT2D eigenvalue weighted by atomic mass is 10.1. The van der Waals surface area contributed by atoms with Crippen molar-refractivity contribution in [1.82, 2.24) is 14.2 Å². The molecule has 182 valence electrons. The van der Waals surface area contributed by atoms with E-state index in [1.807, 2.05) is 31.2 Å². The Labute approximate surface area is 217 Å². The molecule has 0 atom stereocenters. The molecule has 3 aromatic carbocycles. The minimum absolute atomic E-state index is 0.184. The second-order valence-corrected chi connectivity index (χ2v) is 9.80. The van der Waals surface area contributed by atoms with Gasteiger partial charge in [-0.25, -0.2) is 9.37 Å². The van der Waals surface area contributed by atoms with Crippen molar-refractivity contribution in [1.29, 1.82) is 0 Å². The molecule has 5 rings (SSSR count). The van der Waals surface area contributed by atoms with Gasteiger partial charge in [-0.3, -0.25) is 4.79 Å². The number of unbranched alkanes of at least 4 members (excludes halogenated alkanes) is 1. The van der Waals surface area contributed by atoms with Crippen molar-refractivity contribution in [2.45, 2.75) is 39.7 Å². The summed E-state index contributed by atoms with van der Waals surface area (Å²) in [6.45, 7) is 4.76. The first kappa shape index (κ1) is 24.1. The fraction of sp³-hybridized carbons (Fsp3) is 0.207. The monoisotopic (exact) mass is 544 g/mol. The summed E-state index contributed by atoms with van der Waals surface area (Å²) in [7, 11) is 0. The van der Waals surface area contributed by atoms with Crippen molar-refractivity contribution < 1.29 is 4.39 Å². The van der Waals surface area contributed by atoms with E-state index in [2.05, 4.69) is 39.6 Å². The fourth-order valence-electron chi connectivity index (χ4n) is 4.52. The van der Waals surface area contributed by atoms with Crippen LogP contribution in [0.15, 0.2) is 81.1 Å². The number of halogens is 2. The average molecular weight is 545 g/mol. The number of para-hydroxylation sites is 1. The Morgan fingerprint density at radius 1 is 1.06 bits per heavy atom. The summed E-state index contributed by atoms with van der Waals surface area (Å²) >= 11 is 3.46. The third kappa shape index (κ3) is 4.63. The third-order valence-corrected chi connectivity index (χ3v) is 6.96. The molecule has 0 amide bonds. The third-order valence-electron chi connectivity index (χ3n) is 6.47. The molecule has 0 fully saturated rings. The van der Waals surface area contributed by atoms with E-state index in [0.29, 0.717) is 29.7 Å². The van der Waals surface area contributed by atoms with Crippen LogP contribution >= 0.6 is 15.9 Å². The lowest BCUT2D eigenvalue weighted by molar-refractivity contribution is 0.626. The molecule has 0 aliphatic heterocycles. The molecule has 0 saturated carbocycles. The Balaban J connectivity index is 1.63. The van der Waals surface area contributed by atoms with E-state index in [1.54, 1.807) is 24.4 Å². The molecule has 2 aromatic heterocycles. The smallest absolute Gasteiger partial charge is 0.282 e. The molecule has 0 spiro atoms. The number of hydrogen-bond acceptors (Lipinski definition) is 3. The van der Waals surface area contributed by atoms with E-state index >= 15 is 0 Å². The molecule has 0 radical (unpaired) electrons. The minimum atomic E-state index is -0.249. The maximum atomic E-state index is 13.5. The average Bonchev–Trinajstić information content (AvgIpc) is 3.14. The van der Waals surface area contributed by atoms with Crippen molar-refractivity contribution in [3.8, 4) is 0 Å². The van der Waals surface area contributed by atoms with E-state index < -0.39 is 0 Å². The van der Waals surface area contributed by atoms with Crippen LogP contribution in [0.5, 0.6) is 0 Å². The highest BCUT2D eigenvalue weighted by Gasteiger charge is 2.15. The van der Waals surface area contributed by atoms with Gasteiger partial charge in [0.05, 0.1) is 17.1 Å². The van der Waals surface area contributed by atoms with Crippen LogP contribution < -0.4 is 5.56 Å². The largest absolute Gasteiger partial charge is 0.340 e. The Hall–Kier alpha value is -3.58. The minimum Gasteiger partial charge on any atom is -0.340 e. The molecule has 0 saturated heterocycles. The van der Waals surface area contributed by atoms with Crippen LogP contribution in [-0.4, -0.2) is 20.4 Å². The Kier molecular flexibility index (Phi) is 6.83. The van der Waals surface area contributed by atoms with Crippen molar-refractivity contribution in [3.63, 3.8) is 0 Å². The Bertz CT molecular complexity index is 1650. The maximum absolute atomic E-state index is 13.5. The zero-order valence-electron chi connectivity index (χ0n) is 20.2. The van der Waals surface area contributed by atoms with E-state index in [0.717, 1.165) is 45.0 Å². The van der Waals surface area contributed by atoms with Crippen LogP contribution in [0.2, 0.25) is 0 Å². The van der Waals surface area contributed by atoms with Crippen molar-refractivity contribution >= 4 is 44.0 Å². The highest BCUT2D eigenvalue weighted by Crippen LogP contribution is 2.26. The lowest BCUT2D eigenvalue weighted by Gasteiger charge is -2.10. The molecular formula is C29H26BrFN4O. The van der Waals surface area contributed by atoms with Crippen LogP contribution in [0.4, 0.5) is 4.39 Å². The summed E-state index contributed by atoms with van der Waals surface area (Å²) in [5.41, 5.74) is 4.51. The maximum Gasteiger partial charge on any atom is 0.282 e. The second kappa shape index (κ2) is 10.2. The zero-order valence-corrected chi connectivity index (χ0v) is 21.8. The lowest BCUT2D eigenvalue weighted by Crippen LogP contribution is -2.22. The standard InChI is InChI=1S/C29H26BrFN4O/c1-3-4-9-28-33-26-15-12-21(30)16-24(26)29(36)35(28)32-17-25-19(2)34(27-8-6-5-7-23(25)27)18-20-10-13-22(31)14-11-20/h5-8,10-17H,3-4,9,18H2,1-2H3. The highest BCUT2D eigenvalue weighted by atomic mass is 79.9. The summed E-state index contributed by atoms with van der Waals surface area (Å²) in [6.07, 6.45) is 4.34. The van der Waals surface area contributed by atoms with Gasteiger partial charge in [0.15, 0.2) is 0 Å². The number of aryl methyl sites for hydroxylation is 1. The Morgan fingerprint density at radius 2 is 1.83 bits per heavy atom. The molecule has 5 aromatic rings. The molecule has 0 aliphatic carbocycles. The van der Waals surface area contributed by atoms with Crippen molar-refractivity contribution in [2.24, 2.45) is 5.10 Å². The predicted octanol–water partition coefficient (Wildman–Crippen LogP) is 6.83. The Morgan fingerprint density at radius 3 is 2.61 bits per heavy atom. The quantitative estimate of drug-likeness (QED) is 0.211. The van der Waals surface area contributed by atoms with Gasteiger partial charge in [-0.15, -0.1) is 0 Å². The molecule has 0 N–H and O–H groups in total. The number of hydrogen-bond donors (Lipinski definition) is 0. The number of nitrogens with zero attached hydrogens (tertiary/aromatic N) is 4. The second-order valence-electron chi connectivity index (χ2n) is 8.88. The van der Waals surface area contributed by atoms with Gasteiger partial charge in [0, 0.05) is 39.6 Å². The van der Waals surface area contributed by atoms with Gasteiger partial charge in [-0.2, -0.15) is 9.78 Å². The van der Waals surface area contributed by atoms with Gasteiger partial charge in [0.2, 0.25) is 0 Å². The summed E-state index contributed by atoms with van der Waals surface area (Å²) in [5, 5.41) is 6.26. The molecule has 0 aliphatic rings. The molecule has 5 nitrogen and oxygen atoms in total. The SMILES string of the molecule is CCCCc1nc2ccc(Br)cc2c(=O)n1N=Cc1c(C)n(Cc2ccc(F)cc2)c2ccccc12. The van der Waals surface area contributed by atoms with Crippen LogP contribution in [0.3, 0.4) is 0 Å². The number of aromatic nitrogens is 3. The summed E-state index contributed by atoms with van der Waals surface area (Å²) < 4.78 is 17.9. The number of rotatable bonds is 7. The number of fused-ring (bicyclic) bond motifs is 2. The van der Waals surface area contributed by atoms with Crippen molar-refractivity contribution in [2.75, 3.05) is 0 Å². The van der Waals surface area contributed by atoms with Crippen LogP contribution in [-0.2, 0) is 13.0 Å². The summed E-state index contributed by atoms with van der Waals surface area (Å²) in [6, 6.07) is 20.2. The van der Waals surface area contributed by atoms with Crippen LogP contribution in [0, 0.1) is 12.7 Å². The van der Waals surface area contributed by atoms with E-state index in [9.17, 15) is 9.18 Å².